The van der Waals surface area contributed by atoms with Crippen LogP contribution in [0.25, 0.3) is 5.57 Å². The summed E-state index contributed by atoms with van der Waals surface area (Å²) in [7, 11) is 3.53. The van der Waals surface area contributed by atoms with Crippen LogP contribution in [-0.4, -0.2) is 47.6 Å². The molecule has 3 aromatic carbocycles. The Kier molecular flexibility index (Phi) is 8.24. The number of hydrogen-bond acceptors (Lipinski definition) is 4. The van der Waals surface area contributed by atoms with Crippen molar-refractivity contribution in [3.05, 3.63) is 113 Å². The maximum Gasteiger partial charge on any atom is 0.330 e. The molecule has 0 aromatic heterocycles. The van der Waals surface area contributed by atoms with Crippen molar-refractivity contribution in [1.82, 2.24) is 0 Å². The van der Waals surface area contributed by atoms with Crippen LogP contribution in [0.5, 0.6) is 0 Å². The standard InChI is InChI=1S/C37H44B2O4/c1-33(2,40)35(5,6)42-38-27-17-13-15-25(23-27)37(31-21-11-9-19-29(31)30-20-10-12-22-32(30)37)26-16-14-18-28(24-26)39-43-36(7,8)34(3,4)41/h9-11,13-21,23-24,40-41H,12,22H2,1-8H3. The SMILES string of the molecule is CC(C)(O)C(C)(C)O[B]c1cccc(C2(c3cccc([B]OC(C)(C)C(C)(C)O)c3)C3=C(C=CCC3)c3ccccc32)c1. The molecule has 4 nitrogen and oxygen atoms in total. The Balaban J connectivity index is 1.64. The molecule has 0 aliphatic heterocycles. The molecule has 5 rings (SSSR count). The van der Waals surface area contributed by atoms with Crippen LogP contribution >= 0.6 is 0 Å². The van der Waals surface area contributed by atoms with Crippen molar-refractivity contribution in [3.8, 4) is 0 Å². The van der Waals surface area contributed by atoms with Crippen LogP contribution in [0.3, 0.4) is 0 Å². The number of fused-ring (bicyclic) bond motifs is 2. The number of hydrogen-bond donors (Lipinski definition) is 2. The van der Waals surface area contributed by atoms with E-state index in [1.807, 2.05) is 39.8 Å². The summed E-state index contributed by atoms with van der Waals surface area (Å²) >= 11 is 0. The molecule has 0 fully saturated rings. The molecule has 0 saturated carbocycles. The summed E-state index contributed by atoms with van der Waals surface area (Å²) in [5.74, 6) is 0. The molecule has 0 spiro atoms. The molecular weight excluding hydrogens is 530 g/mol. The molecule has 2 radical (unpaired) electrons. The lowest BCUT2D eigenvalue weighted by Gasteiger charge is -2.38. The predicted molar refractivity (Wildman–Crippen MR) is 178 cm³/mol. The van der Waals surface area contributed by atoms with Gasteiger partial charge in [-0.05, 0) is 102 Å². The largest absolute Gasteiger partial charge is 0.427 e. The van der Waals surface area contributed by atoms with Gasteiger partial charge in [-0.2, -0.15) is 0 Å². The second-order valence-corrected chi connectivity index (χ2v) is 14.0. The van der Waals surface area contributed by atoms with Gasteiger partial charge in [-0.15, -0.1) is 0 Å². The minimum absolute atomic E-state index is 0.512. The highest BCUT2D eigenvalue weighted by molar-refractivity contribution is 6.47. The van der Waals surface area contributed by atoms with Gasteiger partial charge >= 0.3 is 15.0 Å². The first kappa shape index (κ1) is 31.5. The maximum absolute atomic E-state index is 10.7. The van der Waals surface area contributed by atoms with Crippen molar-refractivity contribution >= 4 is 31.5 Å². The topological polar surface area (TPSA) is 58.9 Å². The van der Waals surface area contributed by atoms with Gasteiger partial charge in [-0.3, -0.25) is 0 Å². The Bertz CT molecular complexity index is 1480. The lowest BCUT2D eigenvalue weighted by molar-refractivity contribution is -0.0893. The van der Waals surface area contributed by atoms with Gasteiger partial charge in [-0.1, -0.05) is 95.9 Å². The molecule has 6 heteroatoms. The second-order valence-electron chi connectivity index (χ2n) is 14.0. The van der Waals surface area contributed by atoms with Crippen molar-refractivity contribution < 1.29 is 19.5 Å². The minimum atomic E-state index is -1.01. The Morgan fingerprint density at radius 2 is 1.19 bits per heavy atom. The lowest BCUT2D eigenvalue weighted by Crippen LogP contribution is -2.49. The van der Waals surface area contributed by atoms with Crippen LogP contribution in [0.15, 0.2) is 90.5 Å². The quantitative estimate of drug-likeness (QED) is 0.303. The molecule has 0 atom stereocenters. The number of benzene rings is 3. The normalized spacial score (nSPS) is 16.6. The first-order chi connectivity index (χ1) is 20.1. The summed E-state index contributed by atoms with van der Waals surface area (Å²) < 4.78 is 12.4. The third-order valence-electron chi connectivity index (χ3n) is 9.81. The molecule has 0 unspecified atom stereocenters. The fourth-order valence-electron chi connectivity index (χ4n) is 5.75. The molecule has 0 amide bonds. The molecule has 222 valence electrons. The first-order valence-corrected chi connectivity index (χ1v) is 15.3. The van der Waals surface area contributed by atoms with E-state index in [4.69, 9.17) is 9.31 Å². The first-order valence-electron chi connectivity index (χ1n) is 15.3. The monoisotopic (exact) mass is 574 g/mol. The van der Waals surface area contributed by atoms with Crippen molar-refractivity contribution in [2.45, 2.75) is 96.1 Å². The van der Waals surface area contributed by atoms with Crippen LogP contribution in [0.4, 0.5) is 0 Å². The highest BCUT2D eigenvalue weighted by Crippen LogP contribution is 2.56. The molecule has 3 aromatic rings. The summed E-state index contributed by atoms with van der Waals surface area (Å²) in [6, 6.07) is 25.9. The summed E-state index contributed by atoms with van der Waals surface area (Å²) in [5.41, 5.74) is 5.31. The van der Waals surface area contributed by atoms with E-state index >= 15 is 0 Å². The van der Waals surface area contributed by atoms with E-state index in [0.29, 0.717) is 0 Å². The van der Waals surface area contributed by atoms with E-state index in [2.05, 4.69) is 72.8 Å². The molecule has 0 bridgehead atoms. The van der Waals surface area contributed by atoms with E-state index in [9.17, 15) is 10.2 Å². The fourth-order valence-corrected chi connectivity index (χ4v) is 5.75. The zero-order valence-electron chi connectivity index (χ0n) is 26.9. The number of aliphatic hydroxyl groups is 2. The highest BCUT2D eigenvalue weighted by Gasteiger charge is 2.47. The lowest BCUT2D eigenvalue weighted by atomic mass is 9.63. The highest BCUT2D eigenvalue weighted by atomic mass is 16.5. The third kappa shape index (κ3) is 5.71. The Morgan fingerprint density at radius 3 is 1.70 bits per heavy atom. The average molecular weight is 574 g/mol. The summed E-state index contributed by atoms with van der Waals surface area (Å²) in [4.78, 5) is 0. The zero-order chi connectivity index (χ0) is 31.3. The minimum Gasteiger partial charge on any atom is -0.427 e. The molecule has 2 N–H and O–H groups in total. The van der Waals surface area contributed by atoms with Gasteiger partial charge in [0.15, 0.2) is 0 Å². The van der Waals surface area contributed by atoms with E-state index in [1.165, 1.54) is 22.3 Å². The second kappa shape index (κ2) is 11.2. The molecule has 0 saturated heterocycles. The van der Waals surface area contributed by atoms with Crippen LogP contribution in [0.1, 0.15) is 90.5 Å². The number of rotatable bonds is 10. The number of allylic oxidation sites excluding steroid dienone is 4. The Hall–Kier alpha value is -2.89. The van der Waals surface area contributed by atoms with Crippen molar-refractivity contribution in [2.24, 2.45) is 0 Å². The van der Waals surface area contributed by atoms with Crippen LogP contribution in [0.2, 0.25) is 0 Å². The van der Waals surface area contributed by atoms with Crippen LogP contribution in [0, 0.1) is 0 Å². The maximum atomic E-state index is 10.7. The van der Waals surface area contributed by atoms with Gasteiger partial charge in [0.2, 0.25) is 0 Å². The van der Waals surface area contributed by atoms with Gasteiger partial charge in [0.1, 0.15) is 0 Å². The average Bonchev–Trinajstić information content (AvgIpc) is 3.26. The Morgan fingerprint density at radius 1 is 0.674 bits per heavy atom. The molecular formula is C37H44B2O4. The third-order valence-corrected chi connectivity index (χ3v) is 9.81. The van der Waals surface area contributed by atoms with E-state index in [0.717, 1.165) is 34.9 Å². The van der Waals surface area contributed by atoms with E-state index in [-0.39, 0.29) is 0 Å². The molecule has 2 aliphatic rings. The summed E-state index contributed by atoms with van der Waals surface area (Å²) in [6.07, 6.45) is 6.50. The van der Waals surface area contributed by atoms with Gasteiger partial charge in [-0.25, -0.2) is 0 Å². The molecule has 43 heavy (non-hydrogen) atoms. The zero-order valence-corrected chi connectivity index (χ0v) is 26.9. The van der Waals surface area contributed by atoms with Gasteiger partial charge < -0.3 is 19.5 Å². The van der Waals surface area contributed by atoms with Gasteiger partial charge in [0, 0.05) is 0 Å². The Labute approximate surface area is 259 Å². The summed E-state index contributed by atoms with van der Waals surface area (Å²) in [5, 5.41) is 21.3. The molecule has 2 aliphatic carbocycles. The van der Waals surface area contributed by atoms with Gasteiger partial charge in [0.25, 0.3) is 0 Å². The van der Waals surface area contributed by atoms with Crippen LogP contribution in [-0.2, 0) is 14.7 Å². The van der Waals surface area contributed by atoms with Gasteiger partial charge in [0.05, 0.1) is 27.8 Å². The van der Waals surface area contributed by atoms with Crippen molar-refractivity contribution in [1.29, 1.82) is 0 Å². The van der Waals surface area contributed by atoms with E-state index in [1.54, 1.807) is 42.7 Å². The van der Waals surface area contributed by atoms with Crippen molar-refractivity contribution in [2.75, 3.05) is 0 Å². The van der Waals surface area contributed by atoms with Crippen LogP contribution < -0.4 is 10.9 Å². The van der Waals surface area contributed by atoms with Crippen molar-refractivity contribution in [3.63, 3.8) is 0 Å². The predicted octanol–water partition coefficient (Wildman–Crippen LogP) is 5.76. The smallest absolute Gasteiger partial charge is 0.330 e. The summed E-state index contributed by atoms with van der Waals surface area (Å²) in [6.45, 7) is 14.7. The fraction of sp³-hybridized carbons (Fsp3) is 0.405. The van der Waals surface area contributed by atoms with E-state index < -0.39 is 27.8 Å². The molecule has 0 heterocycles.